The van der Waals surface area contributed by atoms with Gasteiger partial charge in [-0.3, -0.25) is 0 Å². The minimum Gasteiger partial charge on any atom is -0.329 e. The molecule has 0 saturated carbocycles. The van der Waals surface area contributed by atoms with Gasteiger partial charge in [-0.15, -0.1) is 12.4 Å². The van der Waals surface area contributed by atoms with Gasteiger partial charge in [0, 0.05) is 25.2 Å². The van der Waals surface area contributed by atoms with Crippen LogP contribution in [0.25, 0.3) is 0 Å². The summed E-state index contributed by atoms with van der Waals surface area (Å²) in [5.41, 5.74) is 5.64. The Labute approximate surface area is 129 Å². The molecule has 0 spiro atoms. The van der Waals surface area contributed by atoms with Crippen LogP contribution >= 0.6 is 12.4 Å². The van der Waals surface area contributed by atoms with Crippen molar-refractivity contribution >= 4 is 22.4 Å². The van der Waals surface area contributed by atoms with Crippen LogP contribution in [-0.2, 0) is 10.0 Å². The van der Waals surface area contributed by atoms with Crippen LogP contribution in [0.5, 0.6) is 0 Å². The van der Waals surface area contributed by atoms with Gasteiger partial charge in [0.25, 0.3) is 0 Å². The number of hydrogen-bond donors (Lipinski definition) is 1. The summed E-state index contributed by atoms with van der Waals surface area (Å²) < 4.78 is 52.7. The zero-order valence-corrected chi connectivity index (χ0v) is 13.3. The Morgan fingerprint density at radius 1 is 1.29 bits per heavy atom. The molecule has 2 N–H and O–H groups in total. The molecule has 0 aromatic heterocycles. The Morgan fingerprint density at radius 3 is 2.38 bits per heavy atom. The molecular formula is C13H19ClF2N2O2S. The van der Waals surface area contributed by atoms with Gasteiger partial charge >= 0.3 is 0 Å². The van der Waals surface area contributed by atoms with Gasteiger partial charge < -0.3 is 5.73 Å². The van der Waals surface area contributed by atoms with Crippen LogP contribution in [0.4, 0.5) is 8.78 Å². The fraction of sp³-hybridized carbons (Fsp3) is 0.538. The summed E-state index contributed by atoms with van der Waals surface area (Å²) in [6.45, 7) is 2.55. The van der Waals surface area contributed by atoms with Crippen molar-refractivity contribution in [3.8, 4) is 0 Å². The van der Waals surface area contributed by atoms with Crippen LogP contribution in [0.2, 0.25) is 0 Å². The van der Waals surface area contributed by atoms with Crippen molar-refractivity contribution in [2.24, 2.45) is 11.7 Å². The quantitative estimate of drug-likeness (QED) is 0.916. The maximum Gasteiger partial charge on any atom is 0.243 e. The average molecular weight is 341 g/mol. The predicted molar refractivity (Wildman–Crippen MR) is 78.7 cm³/mol. The van der Waals surface area contributed by atoms with Crippen molar-refractivity contribution in [1.29, 1.82) is 0 Å². The maximum absolute atomic E-state index is 13.2. The minimum atomic E-state index is -3.92. The van der Waals surface area contributed by atoms with Crippen LogP contribution < -0.4 is 5.73 Å². The van der Waals surface area contributed by atoms with Crippen LogP contribution in [0.1, 0.15) is 19.8 Å². The van der Waals surface area contributed by atoms with Gasteiger partial charge in [-0.1, -0.05) is 6.92 Å². The standard InChI is InChI=1S/C13H18F2N2O2S.ClH/c1-9-2-3-17(12(4-9)8-16)20(18,19)13-6-10(14)5-11(15)7-13;/h5-7,9,12H,2-4,8,16H2,1H3;1H. The molecule has 2 unspecified atom stereocenters. The largest absolute Gasteiger partial charge is 0.329 e. The molecule has 1 aliphatic heterocycles. The van der Waals surface area contributed by atoms with Crippen molar-refractivity contribution in [2.45, 2.75) is 30.7 Å². The van der Waals surface area contributed by atoms with E-state index >= 15 is 0 Å². The molecule has 8 heteroatoms. The van der Waals surface area contributed by atoms with Crippen LogP contribution in [0.15, 0.2) is 23.1 Å². The minimum absolute atomic E-state index is 0. The van der Waals surface area contributed by atoms with Crippen LogP contribution in [0, 0.1) is 17.6 Å². The number of rotatable bonds is 3. The fourth-order valence-electron chi connectivity index (χ4n) is 2.57. The highest BCUT2D eigenvalue weighted by Gasteiger charge is 2.35. The Hall–Kier alpha value is -0.760. The summed E-state index contributed by atoms with van der Waals surface area (Å²) in [6, 6.07) is 2.00. The second-order valence-corrected chi connectivity index (χ2v) is 7.13. The molecule has 1 aromatic carbocycles. The monoisotopic (exact) mass is 340 g/mol. The van der Waals surface area contributed by atoms with Crippen LogP contribution in [0.3, 0.4) is 0 Å². The van der Waals surface area contributed by atoms with E-state index in [1.54, 1.807) is 0 Å². The van der Waals surface area contributed by atoms with Gasteiger partial charge in [-0.25, -0.2) is 17.2 Å². The highest BCUT2D eigenvalue weighted by molar-refractivity contribution is 7.89. The second-order valence-electron chi connectivity index (χ2n) is 5.24. The van der Waals surface area contributed by atoms with Crippen molar-refractivity contribution in [3.05, 3.63) is 29.8 Å². The third-order valence-electron chi connectivity index (χ3n) is 3.64. The zero-order chi connectivity index (χ0) is 14.9. The molecule has 1 aromatic rings. The molecule has 4 nitrogen and oxygen atoms in total. The van der Waals surface area contributed by atoms with Gasteiger partial charge in [0.2, 0.25) is 10.0 Å². The first-order chi connectivity index (χ1) is 9.34. The lowest BCUT2D eigenvalue weighted by atomic mass is 9.94. The molecule has 1 heterocycles. The summed E-state index contributed by atoms with van der Waals surface area (Å²) in [5, 5.41) is 0. The van der Waals surface area contributed by atoms with E-state index in [1.165, 1.54) is 4.31 Å². The van der Waals surface area contributed by atoms with Gasteiger partial charge in [0.1, 0.15) is 11.6 Å². The number of halogens is 3. The normalized spacial score (nSPS) is 23.6. The smallest absolute Gasteiger partial charge is 0.243 e. The molecule has 0 radical (unpaired) electrons. The molecule has 21 heavy (non-hydrogen) atoms. The molecule has 120 valence electrons. The van der Waals surface area contributed by atoms with Gasteiger partial charge in [-0.2, -0.15) is 4.31 Å². The molecule has 1 fully saturated rings. The molecule has 1 aliphatic rings. The SMILES string of the molecule is CC1CCN(S(=O)(=O)c2cc(F)cc(F)c2)C(CN)C1.Cl. The van der Waals surface area contributed by atoms with Crippen molar-refractivity contribution in [3.63, 3.8) is 0 Å². The van der Waals surface area contributed by atoms with E-state index in [0.29, 0.717) is 31.4 Å². The lowest BCUT2D eigenvalue weighted by Crippen LogP contribution is -2.49. The Balaban J connectivity index is 0.00000220. The zero-order valence-electron chi connectivity index (χ0n) is 11.6. The summed E-state index contributed by atoms with van der Waals surface area (Å²) >= 11 is 0. The fourth-order valence-corrected chi connectivity index (χ4v) is 4.28. The third kappa shape index (κ3) is 3.91. The summed E-state index contributed by atoms with van der Waals surface area (Å²) in [5.74, 6) is -1.42. The Morgan fingerprint density at radius 2 is 1.86 bits per heavy atom. The average Bonchev–Trinajstić information content (AvgIpc) is 2.37. The molecule has 0 aliphatic carbocycles. The second kappa shape index (κ2) is 7.00. The van der Waals surface area contributed by atoms with E-state index in [2.05, 4.69) is 0 Å². The molecule has 1 saturated heterocycles. The van der Waals surface area contributed by atoms with Crippen LogP contribution in [-0.4, -0.2) is 31.9 Å². The number of benzene rings is 1. The highest BCUT2D eigenvalue weighted by Crippen LogP contribution is 2.28. The number of piperidine rings is 1. The first-order valence-electron chi connectivity index (χ1n) is 6.52. The van der Waals surface area contributed by atoms with Crippen molar-refractivity contribution < 1.29 is 17.2 Å². The van der Waals surface area contributed by atoms with E-state index < -0.39 is 21.7 Å². The van der Waals surface area contributed by atoms with E-state index in [4.69, 9.17) is 5.73 Å². The van der Waals surface area contributed by atoms with E-state index in [0.717, 1.165) is 12.1 Å². The predicted octanol–water partition coefficient (Wildman–Crippen LogP) is 2.13. The number of nitrogens with two attached hydrogens (primary N) is 1. The third-order valence-corrected chi connectivity index (χ3v) is 5.57. The van der Waals surface area contributed by atoms with Gasteiger partial charge in [0.05, 0.1) is 4.90 Å². The lowest BCUT2D eigenvalue weighted by molar-refractivity contribution is 0.211. The Bertz CT molecular complexity index is 578. The van der Waals surface area contributed by atoms with E-state index in [1.807, 2.05) is 6.92 Å². The first kappa shape index (κ1) is 18.3. The van der Waals surface area contributed by atoms with Gasteiger partial charge in [0.15, 0.2) is 0 Å². The number of sulfonamides is 1. The summed E-state index contributed by atoms with van der Waals surface area (Å²) in [4.78, 5) is -0.358. The number of hydrogen-bond acceptors (Lipinski definition) is 3. The summed E-state index contributed by atoms with van der Waals surface area (Å²) in [7, 11) is -3.92. The maximum atomic E-state index is 13.2. The molecule has 0 bridgehead atoms. The van der Waals surface area contributed by atoms with Crippen molar-refractivity contribution in [2.75, 3.05) is 13.1 Å². The molecule has 2 rings (SSSR count). The Kier molecular flexibility index (Phi) is 6.10. The topological polar surface area (TPSA) is 63.4 Å². The molecule has 2 atom stereocenters. The molecular weight excluding hydrogens is 322 g/mol. The lowest BCUT2D eigenvalue weighted by Gasteiger charge is -2.36. The van der Waals surface area contributed by atoms with E-state index in [9.17, 15) is 17.2 Å². The number of nitrogens with zero attached hydrogens (tertiary/aromatic N) is 1. The van der Waals surface area contributed by atoms with Crippen molar-refractivity contribution in [1.82, 2.24) is 4.31 Å². The van der Waals surface area contributed by atoms with E-state index in [-0.39, 0.29) is 29.9 Å². The summed E-state index contributed by atoms with van der Waals surface area (Å²) in [6.07, 6.45) is 1.38. The first-order valence-corrected chi connectivity index (χ1v) is 7.96. The molecule has 0 amide bonds. The van der Waals surface area contributed by atoms with Gasteiger partial charge in [-0.05, 0) is 30.9 Å². The highest BCUT2D eigenvalue weighted by atomic mass is 35.5.